The second-order valence-electron chi connectivity index (χ2n) is 7.04. The number of nitrogens with one attached hydrogen (secondary N) is 1. The highest BCUT2D eigenvalue weighted by atomic mass is 32.2. The van der Waals surface area contributed by atoms with E-state index in [0.717, 1.165) is 11.1 Å². The van der Waals surface area contributed by atoms with Crippen molar-refractivity contribution in [1.29, 1.82) is 0 Å². The van der Waals surface area contributed by atoms with Crippen molar-refractivity contribution in [2.24, 2.45) is 0 Å². The highest BCUT2D eigenvalue weighted by Crippen LogP contribution is 2.21. The number of carbonyl (C=O) groups is 1. The third kappa shape index (κ3) is 5.14. The fourth-order valence-electron chi connectivity index (χ4n) is 2.94. The lowest BCUT2D eigenvalue weighted by Gasteiger charge is -2.26. The lowest BCUT2D eigenvalue weighted by molar-refractivity contribution is -0.122. The summed E-state index contributed by atoms with van der Waals surface area (Å²) in [4.78, 5) is 12.6. The molecule has 29 heavy (non-hydrogen) atoms. The largest absolute Gasteiger partial charge is 0.481 e. The van der Waals surface area contributed by atoms with Crippen LogP contribution < -0.4 is 10.1 Å². The number of nitrogens with zero attached hydrogens (tertiary/aromatic N) is 1. The lowest BCUT2D eigenvalue weighted by Crippen LogP contribution is -2.40. The van der Waals surface area contributed by atoms with Crippen molar-refractivity contribution in [2.45, 2.75) is 31.8 Å². The zero-order valence-corrected chi connectivity index (χ0v) is 17.7. The number of carbonyl (C=O) groups excluding carboxylic acids is 1. The average molecular weight is 419 g/mol. The molecule has 0 spiro atoms. The highest BCUT2D eigenvalue weighted by molar-refractivity contribution is 7.89. The summed E-state index contributed by atoms with van der Waals surface area (Å²) in [6.45, 7) is 7.14. The topological polar surface area (TPSA) is 84.9 Å². The Balaban J connectivity index is 1.62. The van der Waals surface area contributed by atoms with Gasteiger partial charge in [0.2, 0.25) is 10.0 Å². The molecule has 0 saturated carbocycles. The van der Waals surface area contributed by atoms with Gasteiger partial charge in [-0.15, -0.1) is 0 Å². The molecule has 8 heteroatoms. The molecule has 1 heterocycles. The smallest absolute Gasteiger partial charge is 0.265 e. The fourth-order valence-corrected chi connectivity index (χ4v) is 4.34. The Morgan fingerprint density at radius 1 is 1.07 bits per heavy atom. The minimum atomic E-state index is -3.56. The van der Waals surface area contributed by atoms with Gasteiger partial charge in [-0.25, -0.2) is 8.42 Å². The Bertz CT molecular complexity index is 967. The van der Waals surface area contributed by atoms with Crippen LogP contribution in [0.25, 0.3) is 0 Å². The van der Waals surface area contributed by atoms with Gasteiger partial charge in [0.1, 0.15) is 5.75 Å². The number of amides is 1. The second kappa shape index (κ2) is 8.94. The first-order chi connectivity index (χ1) is 13.8. The van der Waals surface area contributed by atoms with E-state index < -0.39 is 16.1 Å². The summed E-state index contributed by atoms with van der Waals surface area (Å²) in [5.74, 6) is 0.315. The van der Waals surface area contributed by atoms with E-state index in [-0.39, 0.29) is 10.8 Å². The van der Waals surface area contributed by atoms with Crippen molar-refractivity contribution < 1.29 is 22.7 Å². The van der Waals surface area contributed by atoms with Crippen LogP contribution in [-0.4, -0.2) is 51.0 Å². The second-order valence-corrected chi connectivity index (χ2v) is 8.97. The van der Waals surface area contributed by atoms with E-state index in [2.05, 4.69) is 5.32 Å². The van der Waals surface area contributed by atoms with Crippen molar-refractivity contribution in [3.8, 4) is 5.75 Å². The van der Waals surface area contributed by atoms with Crippen molar-refractivity contribution in [1.82, 2.24) is 4.31 Å². The minimum absolute atomic E-state index is 0.192. The molecule has 1 N–H and O–H groups in total. The van der Waals surface area contributed by atoms with Gasteiger partial charge in [0.15, 0.2) is 6.10 Å². The number of aryl methyl sites for hydroxylation is 2. The van der Waals surface area contributed by atoms with Crippen LogP contribution in [0.3, 0.4) is 0 Å². The summed E-state index contributed by atoms with van der Waals surface area (Å²) in [6, 6.07) is 11.8. The first-order valence-electron chi connectivity index (χ1n) is 9.50. The zero-order valence-electron chi connectivity index (χ0n) is 16.8. The number of ether oxygens (including phenoxy) is 2. The number of morpholine rings is 1. The lowest BCUT2D eigenvalue weighted by atomic mass is 10.1. The van der Waals surface area contributed by atoms with Gasteiger partial charge in [-0.3, -0.25) is 4.79 Å². The van der Waals surface area contributed by atoms with Gasteiger partial charge in [0.25, 0.3) is 5.91 Å². The normalized spacial score (nSPS) is 16.2. The van der Waals surface area contributed by atoms with E-state index in [0.29, 0.717) is 37.7 Å². The summed E-state index contributed by atoms with van der Waals surface area (Å²) in [5, 5.41) is 2.75. The molecule has 0 unspecified atom stereocenters. The van der Waals surface area contributed by atoms with Gasteiger partial charge < -0.3 is 14.8 Å². The SMILES string of the molecule is Cc1ccc(O[C@@H](C)C(=O)Nc2ccc(S(=O)(=O)N3CCOCC3)cc2)cc1C. The van der Waals surface area contributed by atoms with Gasteiger partial charge in [-0.05, 0) is 68.3 Å². The molecule has 0 aromatic heterocycles. The molecular formula is C21H26N2O5S. The average Bonchev–Trinajstić information content (AvgIpc) is 2.72. The molecule has 1 aliphatic heterocycles. The maximum absolute atomic E-state index is 12.6. The molecule has 2 aromatic rings. The molecule has 0 aliphatic carbocycles. The van der Waals surface area contributed by atoms with Crippen molar-refractivity contribution >= 4 is 21.6 Å². The quantitative estimate of drug-likeness (QED) is 0.780. The highest BCUT2D eigenvalue weighted by Gasteiger charge is 2.26. The van der Waals surface area contributed by atoms with Crippen LogP contribution in [0.15, 0.2) is 47.4 Å². The molecule has 2 aromatic carbocycles. The predicted molar refractivity (Wildman–Crippen MR) is 111 cm³/mol. The number of rotatable bonds is 6. The Kier molecular flexibility index (Phi) is 6.56. The molecule has 7 nitrogen and oxygen atoms in total. The Morgan fingerprint density at radius 3 is 2.34 bits per heavy atom. The van der Waals surface area contributed by atoms with Gasteiger partial charge >= 0.3 is 0 Å². The summed E-state index contributed by atoms with van der Waals surface area (Å²) < 4.78 is 37.6. The fraction of sp³-hybridized carbons (Fsp3) is 0.381. The van der Waals surface area contributed by atoms with E-state index in [9.17, 15) is 13.2 Å². The molecule has 0 radical (unpaired) electrons. The molecule has 1 aliphatic rings. The van der Waals surface area contributed by atoms with Crippen molar-refractivity contribution in [2.75, 3.05) is 31.6 Å². The van der Waals surface area contributed by atoms with E-state index in [1.807, 2.05) is 32.0 Å². The predicted octanol–water partition coefficient (Wildman–Crippen LogP) is 2.73. The molecule has 3 rings (SSSR count). The van der Waals surface area contributed by atoms with Gasteiger partial charge in [0.05, 0.1) is 18.1 Å². The third-order valence-corrected chi connectivity index (χ3v) is 6.80. The number of benzene rings is 2. The molecule has 1 amide bonds. The van der Waals surface area contributed by atoms with E-state index in [1.54, 1.807) is 19.1 Å². The number of hydrogen-bond acceptors (Lipinski definition) is 5. The van der Waals surface area contributed by atoms with Crippen molar-refractivity contribution in [3.05, 3.63) is 53.6 Å². The molecule has 1 saturated heterocycles. The van der Waals surface area contributed by atoms with E-state index in [1.165, 1.54) is 16.4 Å². The van der Waals surface area contributed by atoms with Crippen molar-refractivity contribution in [3.63, 3.8) is 0 Å². The van der Waals surface area contributed by atoms with Crippen LogP contribution in [0.4, 0.5) is 5.69 Å². The summed E-state index contributed by atoms with van der Waals surface area (Å²) in [5.41, 5.74) is 2.75. The Hall–Kier alpha value is -2.42. The molecular weight excluding hydrogens is 392 g/mol. The molecule has 1 fully saturated rings. The zero-order chi connectivity index (χ0) is 21.0. The monoisotopic (exact) mass is 418 g/mol. The first-order valence-corrected chi connectivity index (χ1v) is 10.9. The van der Waals surface area contributed by atoms with Gasteiger partial charge in [-0.2, -0.15) is 4.31 Å². The maximum Gasteiger partial charge on any atom is 0.265 e. The molecule has 156 valence electrons. The van der Waals surface area contributed by atoms with E-state index in [4.69, 9.17) is 9.47 Å². The number of hydrogen-bond donors (Lipinski definition) is 1. The Morgan fingerprint density at radius 2 is 1.72 bits per heavy atom. The standard InChI is InChI=1S/C21H26N2O5S/c1-15-4-7-19(14-16(15)2)28-17(3)21(24)22-18-5-8-20(9-6-18)29(25,26)23-10-12-27-13-11-23/h4-9,14,17H,10-13H2,1-3H3,(H,22,24)/t17-/m0/s1. The molecule has 0 bridgehead atoms. The van der Waals surface area contributed by atoms with Crippen LogP contribution in [0.1, 0.15) is 18.1 Å². The number of anilines is 1. The minimum Gasteiger partial charge on any atom is -0.481 e. The van der Waals surface area contributed by atoms with Crippen LogP contribution in [0.5, 0.6) is 5.75 Å². The van der Waals surface area contributed by atoms with Crippen LogP contribution in [0, 0.1) is 13.8 Å². The van der Waals surface area contributed by atoms with Gasteiger partial charge in [0, 0.05) is 18.8 Å². The maximum atomic E-state index is 12.6. The summed E-state index contributed by atoms with van der Waals surface area (Å²) in [6.07, 6.45) is -0.700. The third-order valence-electron chi connectivity index (χ3n) is 4.89. The van der Waals surface area contributed by atoms with Crippen LogP contribution in [-0.2, 0) is 19.6 Å². The first kappa shape index (κ1) is 21.3. The number of sulfonamides is 1. The Labute approximate surface area is 171 Å². The van der Waals surface area contributed by atoms with Crippen LogP contribution in [0.2, 0.25) is 0 Å². The van der Waals surface area contributed by atoms with Gasteiger partial charge in [-0.1, -0.05) is 6.07 Å². The summed E-state index contributed by atoms with van der Waals surface area (Å²) >= 11 is 0. The van der Waals surface area contributed by atoms with Crippen LogP contribution >= 0.6 is 0 Å². The summed E-state index contributed by atoms with van der Waals surface area (Å²) in [7, 11) is -3.56. The van der Waals surface area contributed by atoms with E-state index >= 15 is 0 Å². The molecule has 1 atom stereocenters.